The number of amides is 1. The van der Waals surface area contributed by atoms with Gasteiger partial charge >= 0.3 is 0 Å². The standard InChI is InChI=1S/C16H17N3OS2/c1-12-9-22-16(19-12)6-7-18-15(20)11-21-10-14-4-2-13(8-17)3-5-14/h2-5,9H,6-7,10-11H2,1H3,(H,18,20). The van der Waals surface area contributed by atoms with Crippen molar-refractivity contribution in [3.8, 4) is 6.07 Å². The first-order valence-electron chi connectivity index (χ1n) is 6.92. The summed E-state index contributed by atoms with van der Waals surface area (Å²) in [5, 5.41) is 14.7. The van der Waals surface area contributed by atoms with E-state index in [1.807, 2.05) is 24.4 Å². The van der Waals surface area contributed by atoms with E-state index in [4.69, 9.17) is 5.26 Å². The van der Waals surface area contributed by atoms with E-state index in [9.17, 15) is 4.79 Å². The number of carbonyl (C=O) groups is 1. The molecule has 0 aliphatic heterocycles. The van der Waals surface area contributed by atoms with Gasteiger partial charge in [-0.05, 0) is 24.6 Å². The minimum Gasteiger partial charge on any atom is -0.355 e. The van der Waals surface area contributed by atoms with E-state index in [1.165, 1.54) is 0 Å². The molecule has 6 heteroatoms. The Morgan fingerprint density at radius 1 is 1.41 bits per heavy atom. The lowest BCUT2D eigenvalue weighted by molar-refractivity contribution is -0.118. The largest absolute Gasteiger partial charge is 0.355 e. The predicted molar refractivity (Wildman–Crippen MR) is 90.9 cm³/mol. The molecule has 4 nitrogen and oxygen atoms in total. The third-order valence-corrected chi connectivity index (χ3v) is 4.94. The molecule has 0 atom stereocenters. The molecule has 0 saturated heterocycles. The molecule has 0 unspecified atom stereocenters. The second-order valence-corrected chi connectivity index (χ2v) is 6.71. The molecule has 1 amide bonds. The summed E-state index contributed by atoms with van der Waals surface area (Å²) in [5.74, 6) is 1.26. The van der Waals surface area contributed by atoms with Crippen molar-refractivity contribution in [2.24, 2.45) is 0 Å². The summed E-state index contributed by atoms with van der Waals surface area (Å²) in [6.07, 6.45) is 0.782. The summed E-state index contributed by atoms with van der Waals surface area (Å²) in [5.41, 5.74) is 2.81. The Labute approximate surface area is 138 Å². The van der Waals surface area contributed by atoms with Gasteiger partial charge < -0.3 is 5.32 Å². The lowest BCUT2D eigenvalue weighted by Gasteiger charge is -2.04. The molecular weight excluding hydrogens is 314 g/mol. The van der Waals surface area contributed by atoms with Crippen LogP contribution in [0.5, 0.6) is 0 Å². The quantitative estimate of drug-likeness (QED) is 0.847. The van der Waals surface area contributed by atoms with Crippen LogP contribution in [0.4, 0.5) is 0 Å². The first-order chi connectivity index (χ1) is 10.7. The third-order valence-electron chi connectivity index (χ3n) is 2.91. The SMILES string of the molecule is Cc1csc(CCNC(=O)CSCc2ccc(C#N)cc2)n1. The Morgan fingerprint density at radius 2 is 2.18 bits per heavy atom. The fourth-order valence-corrected chi connectivity index (χ4v) is 3.41. The van der Waals surface area contributed by atoms with Crippen molar-refractivity contribution in [2.45, 2.75) is 19.1 Å². The van der Waals surface area contributed by atoms with Crippen LogP contribution in [-0.4, -0.2) is 23.2 Å². The number of nitrogens with zero attached hydrogens (tertiary/aromatic N) is 2. The third kappa shape index (κ3) is 5.51. The first-order valence-corrected chi connectivity index (χ1v) is 8.95. The van der Waals surface area contributed by atoms with Gasteiger partial charge in [0.25, 0.3) is 0 Å². The van der Waals surface area contributed by atoms with E-state index in [2.05, 4.69) is 16.4 Å². The van der Waals surface area contributed by atoms with Gasteiger partial charge in [0.2, 0.25) is 5.91 Å². The minimum atomic E-state index is 0.0481. The lowest BCUT2D eigenvalue weighted by atomic mass is 10.2. The number of benzene rings is 1. The molecule has 0 spiro atoms. The van der Waals surface area contributed by atoms with Crippen molar-refractivity contribution >= 4 is 29.0 Å². The molecule has 0 bridgehead atoms. The van der Waals surface area contributed by atoms with Crippen LogP contribution in [0.3, 0.4) is 0 Å². The van der Waals surface area contributed by atoms with E-state index in [1.54, 1.807) is 35.2 Å². The fraction of sp³-hybridized carbons (Fsp3) is 0.312. The summed E-state index contributed by atoms with van der Waals surface area (Å²) in [4.78, 5) is 16.1. The number of thiazole rings is 1. The van der Waals surface area contributed by atoms with Gasteiger partial charge in [0.1, 0.15) is 0 Å². The van der Waals surface area contributed by atoms with Crippen LogP contribution in [0.15, 0.2) is 29.6 Å². The second kappa shape index (κ2) is 8.57. The van der Waals surface area contributed by atoms with Crippen molar-refractivity contribution in [3.05, 3.63) is 51.5 Å². The molecule has 1 N–H and O–H groups in total. The molecule has 0 radical (unpaired) electrons. The molecule has 2 aromatic rings. The summed E-state index contributed by atoms with van der Waals surface area (Å²) in [6, 6.07) is 9.54. The Balaban J connectivity index is 1.62. The lowest BCUT2D eigenvalue weighted by Crippen LogP contribution is -2.27. The molecule has 114 valence electrons. The van der Waals surface area contributed by atoms with Crippen molar-refractivity contribution in [1.82, 2.24) is 10.3 Å². The Morgan fingerprint density at radius 3 is 2.82 bits per heavy atom. The van der Waals surface area contributed by atoms with Crippen LogP contribution in [0.1, 0.15) is 21.8 Å². The zero-order valence-corrected chi connectivity index (χ0v) is 14.0. The highest BCUT2D eigenvalue weighted by molar-refractivity contribution is 7.99. The van der Waals surface area contributed by atoms with Gasteiger partial charge in [0.15, 0.2) is 0 Å². The number of aromatic nitrogens is 1. The van der Waals surface area contributed by atoms with Crippen LogP contribution in [-0.2, 0) is 17.0 Å². The predicted octanol–water partition coefficient (Wildman–Crippen LogP) is 2.92. The smallest absolute Gasteiger partial charge is 0.230 e. The number of hydrogen-bond acceptors (Lipinski definition) is 5. The summed E-state index contributed by atoms with van der Waals surface area (Å²) < 4.78 is 0. The molecule has 1 aromatic heterocycles. The molecular formula is C16H17N3OS2. The number of aryl methyl sites for hydroxylation is 1. The van der Waals surface area contributed by atoms with Gasteiger partial charge in [-0.15, -0.1) is 23.1 Å². The molecule has 22 heavy (non-hydrogen) atoms. The number of rotatable bonds is 7. The van der Waals surface area contributed by atoms with E-state index < -0.39 is 0 Å². The van der Waals surface area contributed by atoms with Crippen molar-refractivity contribution < 1.29 is 4.79 Å². The molecule has 1 aromatic carbocycles. The van der Waals surface area contributed by atoms with E-state index in [0.717, 1.165) is 28.4 Å². The molecule has 0 fully saturated rings. The molecule has 0 aliphatic rings. The zero-order valence-electron chi connectivity index (χ0n) is 12.3. The van der Waals surface area contributed by atoms with E-state index in [0.29, 0.717) is 17.9 Å². The Bertz CT molecular complexity index is 659. The average Bonchev–Trinajstić information content (AvgIpc) is 2.93. The fourth-order valence-electron chi connectivity index (χ4n) is 1.81. The van der Waals surface area contributed by atoms with Crippen molar-refractivity contribution in [1.29, 1.82) is 5.26 Å². The summed E-state index contributed by atoms with van der Waals surface area (Å²) in [6.45, 7) is 2.60. The number of hydrogen-bond donors (Lipinski definition) is 1. The highest BCUT2D eigenvalue weighted by atomic mass is 32.2. The highest BCUT2D eigenvalue weighted by Crippen LogP contribution is 2.13. The maximum atomic E-state index is 11.7. The van der Waals surface area contributed by atoms with E-state index >= 15 is 0 Å². The van der Waals surface area contributed by atoms with Gasteiger partial charge in [0.05, 0.1) is 22.4 Å². The van der Waals surface area contributed by atoms with Gasteiger partial charge in [0, 0.05) is 29.8 Å². The molecule has 1 heterocycles. The Hall–Kier alpha value is -1.84. The number of nitriles is 1. The summed E-state index contributed by atoms with van der Waals surface area (Å²) >= 11 is 3.20. The van der Waals surface area contributed by atoms with Gasteiger partial charge in [-0.2, -0.15) is 5.26 Å². The normalized spacial score (nSPS) is 10.2. The monoisotopic (exact) mass is 331 g/mol. The number of thioether (sulfide) groups is 1. The van der Waals surface area contributed by atoms with Crippen LogP contribution >= 0.6 is 23.1 Å². The topological polar surface area (TPSA) is 65.8 Å². The van der Waals surface area contributed by atoms with Crippen LogP contribution in [0.25, 0.3) is 0 Å². The van der Waals surface area contributed by atoms with Crippen LogP contribution in [0, 0.1) is 18.3 Å². The van der Waals surface area contributed by atoms with E-state index in [-0.39, 0.29) is 5.91 Å². The summed E-state index contributed by atoms with van der Waals surface area (Å²) in [7, 11) is 0. The van der Waals surface area contributed by atoms with Crippen LogP contribution in [0.2, 0.25) is 0 Å². The number of carbonyl (C=O) groups excluding carboxylic acids is 1. The molecule has 2 rings (SSSR count). The zero-order chi connectivity index (χ0) is 15.8. The second-order valence-electron chi connectivity index (χ2n) is 4.78. The maximum Gasteiger partial charge on any atom is 0.230 e. The maximum absolute atomic E-state index is 11.7. The molecule has 0 aliphatic carbocycles. The first kappa shape index (κ1) is 16.5. The molecule has 0 saturated carbocycles. The Kier molecular flexibility index (Phi) is 6.44. The van der Waals surface area contributed by atoms with Gasteiger partial charge in [-0.3, -0.25) is 4.79 Å². The van der Waals surface area contributed by atoms with Crippen LogP contribution < -0.4 is 5.32 Å². The highest BCUT2D eigenvalue weighted by Gasteiger charge is 2.03. The average molecular weight is 331 g/mol. The number of nitrogens with one attached hydrogen (secondary N) is 1. The minimum absolute atomic E-state index is 0.0481. The van der Waals surface area contributed by atoms with Gasteiger partial charge in [-0.1, -0.05) is 12.1 Å². The van der Waals surface area contributed by atoms with Crippen molar-refractivity contribution in [2.75, 3.05) is 12.3 Å². The van der Waals surface area contributed by atoms with Gasteiger partial charge in [-0.25, -0.2) is 4.98 Å². The van der Waals surface area contributed by atoms with Crippen molar-refractivity contribution in [3.63, 3.8) is 0 Å².